The number of hydrogen-bond acceptors (Lipinski definition) is 6. The van der Waals surface area contributed by atoms with Crippen molar-refractivity contribution in [3.63, 3.8) is 0 Å². The van der Waals surface area contributed by atoms with Gasteiger partial charge >= 0.3 is 0 Å². The number of carbonyl (C=O) groups is 1. The van der Waals surface area contributed by atoms with Crippen LogP contribution in [0, 0.1) is 5.92 Å². The quantitative estimate of drug-likeness (QED) is 0.677. The number of methoxy groups -OCH3 is 1. The van der Waals surface area contributed by atoms with Gasteiger partial charge in [0.25, 0.3) is 0 Å². The van der Waals surface area contributed by atoms with Crippen LogP contribution in [0.15, 0.2) is 12.1 Å². The van der Waals surface area contributed by atoms with E-state index in [2.05, 4.69) is 4.90 Å². The van der Waals surface area contributed by atoms with Gasteiger partial charge in [-0.3, -0.25) is 14.6 Å². The summed E-state index contributed by atoms with van der Waals surface area (Å²) in [6.07, 6.45) is 4.01. The Hall–Kier alpha value is -1.41. The maximum absolute atomic E-state index is 13.1. The molecule has 0 radical (unpaired) electrons. The number of anilines is 1. The first kappa shape index (κ1) is 19.9. The van der Waals surface area contributed by atoms with E-state index in [4.69, 9.17) is 26.1 Å². The smallest absolute Gasteiger partial charge is 0.231 e. The first-order valence-corrected chi connectivity index (χ1v) is 11.1. The maximum Gasteiger partial charge on any atom is 0.231 e. The molecule has 1 saturated heterocycles. The molecule has 152 valence electrons. The van der Waals surface area contributed by atoms with Crippen molar-refractivity contribution in [1.29, 1.82) is 0 Å². The van der Waals surface area contributed by atoms with Crippen molar-refractivity contribution in [3.05, 3.63) is 17.2 Å². The molecule has 2 aliphatic rings. The van der Waals surface area contributed by atoms with Crippen LogP contribution in [-0.4, -0.2) is 62.3 Å². The molecule has 2 heterocycles. The molecule has 28 heavy (non-hydrogen) atoms. The van der Waals surface area contributed by atoms with E-state index in [0.717, 1.165) is 73.9 Å². The van der Waals surface area contributed by atoms with Gasteiger partial charge in [-0.15, -0.1) is 0 Å². The normalized spacial score (nSPS) is 18.2. The summed E-state index contributed by atoms with van der Waals surface area (Å²) in [5.74, 6) is 1.02. The molecule has 1 aliphatic heterocycles. The van der Waals surface area contributed by atoms with E-state index < -0.39 is 0 Å². The lowest BCUT2D eigenvalue weighted by atomic mass is 9.84. The molecule has 0 atom stereocenters. The van der Waals surface area contributed by atoms with Crippen LogP contribution in [0.4, 0.5) is 5.13 Å². The second kappa shape index (κ2) is 8.95. The van der Waals surface area contributed by atoms with E-state index in [1.54, 1.807) is 7.11 Å². The maximum atomic E-state index is 13.1. The molecule has 0 bridgehead atoms. The van der Waals surface area contributed by atoms with Crippen LogP contribution in [0.25, 0.3) is 10.2 Å². The van der Waals surface area contributed by atoms with Gasteiger partial charge in [-0.1, -0.05) is 29.4 Å². The van der Waals surface area contributed by atoms with Gasteiger partial charge in [0.2, 0.25) is 5.91 Å². The summed E-state index contributed by atoms with van der Waals surface area (Å²) in [4.78, 5) is 22.1. The van der Waals surface area contributed by atoms with Crippen LogP contribution >= 0.6 is 22.9 Å². The fourth-order valence-corrected chi connectivity index (χ4v) is 4.96. The highest BCUT2D eigenvalue weighted by atomic mass is 35.5. The molecule has 1 aliphatic carbocycles. The van der Waals surface area contributed by atoms with Crippen LogP contribution in [-0.2, 0) is 9.53 Å². The number of amides is 1. The first-order valence-electron chi connectivity index (χ1n) is 9.92. The molecule has 0 spiro atoms. The predicted molar refractivity (Wildman–Crippen MR) is 113 cm³/mol. The number of halogens is 1. The van der Waals surface area contributed by atoms with Crippen molar-refractivity contribution in [1.82, 2.24) is 9.88 Å². The summed E-state index contributed by atoms with van der Waals surface area (Å²) in [5, 5.41) is 1.36. The number of aromatic nitrogens is 1. The van der Waals surface area contributed by atoms with Gasteiger partial charge in [0, 0.05) is 32.1 Å². The molecule has 0 unspecified atom stereocenters. The van der Waals surface area contributed by atoms with Crippen LogP contribution in [0.5, 0.6) is 5.75 Å². The number of benzene rings is 1. The van der Waals surface area contributed by atoms with Crippen molar-refractivity contribution in [3.8, 4) is 5.75 Å². The number of nitrogens with zero attached hydrogens (tertiary/aromatic N) is 3. The lowest BCUT2D eigenvalue weighted by molar-refractivity contribution is -0.124. The van der Waals surface area contributed by atoms with E-state index in [1.165, 1.54) is 11.3 Å². The zero-order valence-electron chi connectivity index (χ0n) is 16.2. The van der Waals surface area contributed by atoms with E-state index in [9.17, 15) is 4.79 Å². The first-order chi connectivity index (χ1) is 13.7. The molecule has 1 amide bonds. The summed E-state index contributed by atoms with van der Waals surface area (Å²) in [5.41, 5.74) is 0.731. The summed E-state index contributed by atoms with van der Waals surface area (Å²) in [6, 6.07) is 3.64. The van der Waals surface area contributed by atoms with Crippen LogP contribution in [0.2, 0.25) is 5.02 Å². The van der Waals surface area contributed by atoms with Gasteiger partial charge in [-0.25, -0.2) is 4.98 Å². The van der Waals surface area contributed by atoms with E-state index >= 15 is 0 Å². The highest BCUT2D eigenvalue weighted by Crippen LogP contribution is 2.40. The Kier molecular flexibility index (Phi) is 6.35. The Labute approximate surface area is 174 Å². The molecule has 1 saturated carbocycles. The minimum absolute atomic E-state index is 0.132. The monoisotopic (exact) mass is 423 g/mol. The number of fused-ring (bicyclic) bond motifs is 1. The molecule has 8 heteroatoms. The van der Waals surface area contributed by atoms with Crippen molar-refractivity contribution < 1.29 is 14.3 Å². The molecule has 1 aromatic carbocycles. The summed E-state index contributed by atoms with van der Waals surface area (Å²) < 4.78 is 11.7. The molecule has 0 N–H and O–H groups in total. The molecular formula is C20H26ClN3O3S. The summed E-state index contributed by atoms with van der Waals surface area (Å²) in [7, 11) is 1.63. The molecule has 1 aromatic heterocycles. The van der Waals surface area contributed by atoms with Crippen LogP contribution in [0.3, 0.4) is 0 Å². The second-order valence-electron chi connectivity index (χ2n) is 7.35. The van der Waals surface area contributed by atoms with Crippen LogP contribution in [0.1, 0.15) is 25.7 Å². The fraction of sp³-hybridized carbons (Fsp3) is 0.600. The van der Waals surface area contributed by atoms with E-state index in [0.29, 0.717) is 17.3 Å². The zero-order valence-corrected chi connectivity index (χ0v) is 17.7. The third-order valence-corrected chi connectivity index (χ3v) is 7.12. The number of ether oxygens (including phenoxy) is 2. The topological polar surface area (TPSA) is 54.9 Å². The standard InChI is InChI=1S/C20H26ClN3O3S/c1-26-16-7-6-15(21)18-17(16)22-20(28-18)24(19(25)14-4-2-5-14)9-3-8-23-10-12-27-13-11-23/h6-7,14H,2-5,8-13H2,1H3. The number of rotatable bonds is 7. The SMILES string of the molecule is COc1ccc(Cl)c2sc(N(CCCN3CCOCC3)C(=O)C3CCC3)nc12. The number of hydrogen-bond donors (Lipinski definition) is 0. The summed E-state index contributed by atoms with van der Waals surface area (Å²) in [6.45, 7) is 5.15. The van der Waals surface area contributed by atoms with Gasteiger partial charge < -0.3 is 9.47 Å². The molecule has 2 fully saturated rings. The Balaban J connectivity index is 1.55. The third kappa shape index (κ3) is 4.13. The average molecular weight is 424 g/mol. The largest absolute Gasteiger partial charge is 0.494 e. The average Bonchev–Trinajstić information content (AvgIpc) is 3.11. The third-order valence-electron chi connectivity index (χ3n) is 5.58. The Bertz CT molecular complexity index is 833. The van der Waals surface area contributed by atoms with Crippen molar-refractivity contribution in [2.75, 3.05) is 51.4 Å². The minimum atomic E-state index is 0.132. The van der Waals surface area contributed by atoms with E-state index in [1.807, 2.05) is 17.0 Å². The molecular weight excluding hydrogens is 398 g/mol. The Morgan fingerprint density at radius 2 is 2.18 bits per heavy atom. The van der Waals surface area contributed by atoms with Gasteiger partial charge in [-0.05, 0) is 31.4 Å². The van der Waals surface area contributed by atoms with Gasteiger partial charge in [-0.2, -0.15) is 0 Å². The van der Waals surface area contributed by atoms with Crippen molar-refractivity contribution >= 4 is 44.2 Å². The molecule has 6 nitrogen and oxygen atoms in total. The van der Waals surface area contributed by atoms with Crippen LogP contribution < -0.4 is 9.64 Å². The minimum Gasteiger partial charge on any atom is -0.494 e. The number of thiazole rings is 1. The lowest BCUT2D eigenvalue weighted by Gasteiger charge is -2.31. The Morgan fingerprint density at radius 1 is 1.39 bits per heavy atom. The van der Waals surface area contributed by atoms with Gasteiger partial charge in [0.1, 0.15) is 11.3 Å². The predicted octanol–water partition coefficient (Wildman–Crippen LogP) is 3.81. The molecule has 2 aromatic rings. The summed E-state index contributed by atoms with van der Waals surface area (Å²) >= 11 is 7.86. The zero-order chi connectivity index (χ0) is 19.5. The van der Waals surface area contributed by atoms with Gasteiger partial charge in [0.05, 0.1) is 30.0 Å². The number of morpholine rings is 1. The second-order valence-corrected chi connectivity index (χ2v) is 8.73. The highest BCUT2D eigenvalue weighted by molar-refractivity contribution is 7.23. The highest BCUT2D eigenvalue weighted by Gasteiger charge is 2.32. The van der Waals surface area contributed by atoms with Crippen molar-refractivity contribution in [2.45, 2.75) is 25.7 Å². The van der Waals surface area contributed by atoms with Crippen molar-refractivity contribution in [2.24, 2.45) is 5.92 Å². The Morgan fingerprint density at radius 3 is 2.86 bits per heavy atom. The van der Waals surface area contributed by atoms with E-state index in [-0.39, 0.29) is 11.8 Å². The molecule has 4 rings (SSSR count). The lowest BCUT2D eigenvalue weighted by Crippen LogP contribution is -2.42. The van der Waals surface area contributed by atoms with Gasteiger partial charge in [0.15, 0.2) is 5.13 Å². The number of carbonyl (C=O) groups excluding carboxylic acids is 1. The fourth-order valence-electron chi connectivity index (χ4n) is 3.67.